The molecule has 2 aromatic carbocycles. The average Bonchev–Trinajstić information content (AvgIpc) is 2.41. The van der Waals surface area contributed by atoms with E-state index in [4.69, 9.17) is 5.39 Å². The molecule has 0 saturated heterocycles. The highest BCUT2D eigenvalue weighted by molar-refractivity contribution is 7.77. The third-order valence-electron chi connectivity index (χ3n) is 2.43. The summed E-state index contributed by atoms with van der Waals surface area (Å²) in [5.41, 5.74) is 0. The largest absolute Gasteiger partial charge is 0.310 e. The lowest BCUT2D eigenvalue weighted by atomic mass is 10.4. The van der Waals surface area contributed by atoms with Gasteiger partial charge in [-0.15, -0.1) is 0 Å². The molecule has 0 radical (unpaired) electrons. The van der Waals surface area contributed by atoms with Crippen LogP contribution in [0.5, 0.6) is 0 Å². The first-order valence-corrected chi connectivity index (χ1v) is 6.81. The summed E-state index contributed by atoms with van der Waals surface area (Å²) < 4.78 is 12.9. The van der Waals surface area contributed by atoms with Crippen molar-refractivity contribution in [3.63, 3.8) is 0 Å². The number of hydrogen-bond acceptors (Lipinski definition) is 2. The predicted molar refractivity (Wildman–Crippen MR) is 68.0 cm³/mol. The average molecular weight is 244 g/mol. The van der Waals surface area contributed by atoms with Crippen LogP contribution in [0.4, 0.5) is 0 Å². The molecule has 0 aliphatic heterocycles. The van der Waals surface area contributed by atoms with Crippen molar-refractivity contribution in [2.24, 2.45) is 0 Å². The molecule has 0 bridgehead atoms. The fourth-order valence-corrected chi connectivity index (χ4v) is 3.44. The molecule has 0 heterocycles. The van der Waals surface area contributed by atoms with E-state index in [9.17, 15) is 4.57 Å². The van der Waals surface area contributed by atoms with Crippen LogP contribution in [-0.2, 0) is 4.57 Å². The van der Waals surface area contributed by atoms with Gasteiger partial charge in [0, 0.05) is 15.8 Å². The van der Waals surface area contributed by atoms with Crippen molar-refractivity contribution in [3.8, 4) is 0 Å². The van der Waals surface area contributed by atoms with Gasteiger partial charge in [0.2, 0.25) is 0 Å². The van der Waals surface area contributed by atoms with E-state index >= 15 is 0 Å². The van der Waals surface area contributed by atoms with Gasteiger partial charge in [-0.25, -0.2) is 0 Å². The monoisotopic (exact) mass is 244 g/mol. The van der Waals surface area contributed by atoms with E-state index < -0.39 is 7.29 Å². The Morgan fingerprint density at radius 3 is 1.65 bits per heavy atom. The Balaban J connectivity index is 2.56. The summed E-state index contributed by atoms with van der Waals surface area (Å²) in [6.45, 7) is 0. The van der Waals surface area contributed by atoms with Crippen LogP contribution in [0.3, 0.4) is 0 Å². The summed E-state index contributed by atoms with van der Waals surface area (Å²) in [6.07, 6.45) is 0. The van der Waals surface area contributed by atoms with Gasteiger partial charge in [0.15, 0.2) is 0 Å². The highest BCUT2D eigenvalue weighted by atomic mass is 31.2. The first-order chi connectivity index (χ1) is 8.27. The molecule has 0 spiro atoms. The molecule has 0 aromatic heterocycles. The zero-order valence-corrected chi connectivity index (χ0v) is 9.92. The van der Waals surface area contributed by atoms with E-state index in [0.29, 0.717) is 10.6 Å². The smallest absolute Gasteiger partial charge is 0.284 e. The zero-order chi connectivity index (χ0) is 12.1. The molecule has 4 nitrogen and oxygen atoms in total. The highest BCUT2D eigenvalue weighted by Gasteiger charge is 2.32. The highest BCUT2D eigenvalue weighted by Crippen LogP contribution is 2.38. The van der Waals surface area contributed by atoms with Gasteiger partial charge in [-0.2, -0.15) is 0 Å². The van der Waals surface area contributed by atoms with Crippen LogP contribution in [-0.4, -0.2) is 0 Å². The maximum Gasteiger partial charge on any atom is 0.310 e. The fourth-order valence-electron chi connectivity index (χ4n) is 1.60. The van der Waals surface area contributed by atoms with Gasteiger partial charge in [0.05, 0.1) is 0 Å². The van der Waals surface area contributed by atoms with Gasteiger partial charge < -0.3 is 0 Å². The van der Waals surface area contributed by atoms with Crippen LogP contribution in [0.15, 0.2) is 60.7 Å². The Bertz CT molecular complexity index is 534. The minimum atomic E-state index is -3.09. The van der Waals surface area contributed by atoms with Crippen molar-refractivity contribution in [1.82, 2.24) is 5.20 Å². The topological polar surface area (TPSA) is 57.2 Å². The molecule has 0 unspecified atom stereocenters. The van der Waals surface area contributed by atoms with Crippen LogP contribution in [0.1, 0.15) is 0 Å². The van der Waals surface area contributed by atoms with E-state index in [1.54, 1.807) is 48.5 Å². The number of nitrogens with one attached hydrogen (secondary N) is 1. The van der Waals surface area contributed by atoms with Crippen molar-refractivity contribution in [2.45, 2.75) is 0 Å². The molecule has 17 heavy (non-hydrogen) atoms. The number of diazo groups is 1. The maximum absolute atomic E-state index is 12.9. The number of hydrogen-bond donors (Lipinski definition) is 1. The van der Waals surface area contributed by atoms with Crippen LogP contribution in [0.2, 0.25) is 0 Å². The second-order valence-corrected chi connectivity index (χ2v) is 5.93. The molecule has 0 fully saturated rings. The molecule has 0 aliphatic carbocycles. The molecule has 2 aromatic rings. The molecule has 0 saturated carbocycles. The summed E-state index contributed by atoms with van der Waals surface area (Å²) in [7, 11) is -3.09. The number of nitrogens with zero attached hydrogens (tertiary/aromatic N) is 2. The first-order valence-electron chi connectivity index (χ1n) is 5.10. The Morgan fingerprint density at radius 1 is 0.882 bits per heavy atom. The first kappa shape index (κ1) is 11.4. The molecular weight excluding hydrogens is 233 g/mol. The maximum atomic E-state index is 12.9. The summed E-state index contributed by atoms with van der Waals surface area (Å²) >= 11 is 0. The molecule has 1 N–H and O–H groups in total. The van der Waals surface area contributed by atoms with Gasteiger partial charge in [0.1, 0.15) is 0 Å². The van der Waals surface area contributed by atoms with E-state index in [-0.39, 0.29) is 0 Å². The molecule has 84 valence electrons. The summed E-state index contributed by atoms with van der Waals surface area (Å²) in [6, 6.07) is 17.8. The van der Waals surface area contributed by atoms with Gasteiger partial charge in [-0.1, -0.05) is 36.4 Å². The lowest BCUT2D eigenvalue weighted by Crippen LogP contribution is -2.23. The molecular formula is C12H11N3OP+. The third-order valence-corrected chi connectivity index (χ3v) is 4.85. The minimum absolute atomic E-state index is 0.601. The lowest BCUT2D eigenvalue weighted by molar-refractivity contribution is 0.583. The molecule has 2 rings (SSSR count). The second kappa shape index (κ2) is 4.82. The van der Waals surface area contributed by atoms with Crippen molar-refractivity contribution >= 4 is 17.9 Å². The Morgan fingerprint density at radius 2 is 1.29 bits per heavy atom. The summed E-state index contributed by atoms with van der Waals surface area (Å²) in [5.74, 6) is 0. The van der Waals surface area contributed by atoms with Crippen molar-refractivity contribution in [2.75, 3.05) is 0 Å². The van der Waals surface area contributed by atoms with Gasteiger partial charge in [-0.05, 0) is 24.3 Å². The van der Waals surface area contributed by atoms with Crippen LogP contribution in [0.25, 0.3) is 5.08 Å². The number of rotatable bonds is 3. The second-order valence-electron chi connectivity index (χ2n) is 3.48. The Kier molecular flexibility index (Phi) is 3.22. The summed E-state index contributed by atoms with van der Waals surface area (Å²) in [5, 5.41) is 15.0. The van der Waals surface area contributed by atoms with E-state index in [1.807, 2.05) is 12.1 Å². The molecule has 0 aliphatic rings. The zero-order valence-electron chi connectivity index (χ0n) is 9.02. The quantitative estimate of drug-likeness (QED) is 0.512. The van der Waals surface area contributed by atoms with Gasteiger partial charge >= 0.3 is 5.08 Å². The van der Waals surface area contributed by atoms with Crippen molar-refractivity contribution < 1.29 is 4.57 Å². The molecule has 0 atom stereocenters. The lowest BCUT2D eigenvalue weighted by Gasteiger charge is -2.11. The van der Waals surface area contributed by atoms with Crippen molar-refractivity contribution in [1.29, 1.82) is 5.39 Å². The molecule has 5 heteroatoms. The summed E-state index contributed by atoms with van der Waals surface area (Å²) in [4.78, 5) is 0. The fraction of sp³-hybridized carbons (Fsp3) is 0. The minimum Gasteiger partial charge on any atom is -0.284 e. The number of benzene rings is 2. The van der Waals surface area contributed by atoms with Crippen molar-refractivity contribution in [3.05, 3.63) is 65.7 Å². The Hall–Kier alpha value is -2.11. The SMILES string of the molecule is N#[N+]NP(=O)(c1ccccc1)c1ccccc1. The van der Waals surface area contributed by atoms with Crippen LogP contribution >= 0.6 is 7.29 Å². The van der Waals surface area contributed by atoms with E-state index in [0.717, 1.165) is 0 Å². The van der Waals surface area contributed by atoms with Crippen LogP contribution in [0, 0.1) is 5.39 Å². The van der Waals surface area contributed by atoms with Gasteiger partial charge in [-0.3, -0.25) is 4.57 Å². The normalized spacial score (nSPS) is 10.5. The Labute approximate surface area is 99.3 Å². The molecule has 0 amide bonds. The van der Waals surface area contributed by atoms with Gasteiger partial charge in [0.25, 0.3) is 12.7 Å². The van der Waals surface area contributed by atoms with E-state index in [1.165, 1.54) is 0 Å². The van der Waals surface area contributed by atoms with Crippen LogP contribution < -0.4 is 15.8 Å². The van der Waals surface area contributed by atoms with E-state index in [2.05, 4.69) is 10.3 Å². The predicted octanol–water partition coefficient (Wildman–Crippen LogP) is 2.27. The standard InChI is InChI=1S/C12H11N3OP/c13-14-15-17(16,11-7-3-1-4-8-11)12-9-5-2-6-10-12/h1-10H,(H,15,16)/q+1. The third kappa shape index (κ3) is 2.20.